The molecule has 9 heteroatoms. The topological polar surface area (TPSA) is 119 Å². The Hall–Kier alpha value is -2.77. The number of allylic oxidation sites excluding steroid dienone is 14. The van der Waals surface area contributed by atoms with Gasteiger partial charge in [0, 0.05) is 12.8 Å². The maximum Gasteiger partial charge on any atom is 0.469 e. The molecule has 0 heterocycles. The molecule has 1 atom stereocenters. The van der Waals surface area contributed by atoms with Crippen LogP contribution in [-0.2, 0) is 28.2 Å². The lowest BCUT2D eigenvalue weighted by atomic mass is 10.1. The first-order valence-electron chi connectivity index (χ1n) is 18.9. The molecule has 0 aromatic heterocycles. The Labute approximate surface area is 303 Å². The van der Waals surface area contributed by atoms with Crippen LogP contribution in [0.4, 0.5) is 0 Å². The van der Waals surface area contributed by atoms with Crippen LogP contribution in [0.5, 0.6) is 0 Å². The van der Waals surface area contributed by atoms with Crippen LogP contribution >= 0.6 is 7.82 Å². The minimum Gasteiger partial charge on any atom is -0.462 e. The van der Waals surface area contributed by atoms with Gasteiger partial charge in [-0.05, 0) is 77.0 Å². The maximum absolute atomic E-state index is 12.3. The Kier molecular flexibility index (Phi) is 34.0. The number of unbranched alkanes of at least 4 members (excludes halogenated alkanes) is 9. The molecule has 0 radical (unpaired) electrons. The Bertz CT molecular complexity index is 1080. The summed E-state index contributed by atoms with van der Waals surface area (Å²) in [6, 6.07) is 0. The van der Waals surface area contributed by atoms with E-state index in [0.29, 0.717) is 12.8 Å². The predicted octanol–water partition coefficient (Wildman–Crippen LogP) is 11.3. The van der Waals surface area contributed by atoms with Crippen LogP contribution in [0.2, 0.25) is 0 Å². The average molecular weight is 719 g/mol. The number of phosphoric acid groups is 1. The van der Waals surface area contributed by atoms with E-state index in [4.69, 9.17) is 19.3 Å². The fourth-order valence-electron chi connectivity index (χ4n) is 4.63. The molecular formula is C41H67O8P. The van der Waals surface area contributed by atoms with Gasteiger partial charge in [-0.2, -0.15) is 0 Å². The van der Waals surface area contributed by atoms with Crippen molar-refractivity contribution in [1.82, 2.24) is 0 Å². The second-order valence-corrected chi connectivity index (χ2v) is 13.4. The van der Waals surface area contributed by atoms with Crippen molar-refractivity contribution >= 4 is 19.8 Å². The van der Waals surface area contributed by atoms with Crippen molar-refractivity contribution < 1.29 is 37.9 Å². The van der Waals surface area contributed by atoms with Crippen LogP contribution < -0.4 is 0 Å². The minimum absolute atomic E-state index is 0.0806. The zero-order chi connectivity index (χ0) is 36.8. The summed E-state index contributed by atoms with van der Waals surface area (Å²) < 4.78 is 26.2. The van der Waals surface area contributed by atoms with Gasteiger partial charge in [-0.1, -0.05) is 137 Å². The summed E-state index contributed by atoms with van der Waals surface area (Å²) in [5, 5.41) is 0. The highest BCUT2D eigenvalue weighted by Gasteiger charge is 2.22. The normalized spacial score (nSPS) is 13.4. The zero-order valence-electron chi connectivity index (χ0n) is 31.0. The van der Waals surface area contributed by atoms with Crippen LogP contribution in [0.1, 0.15) is 142 Å². The van der Waals surface area contributed by atoms with Gasteiger partial charge in [0.1, 0.15) is 6.61 Å². The third-order valence-electron chi connectivity index (χ3n) is 7.41. The SMILES string of the molecule is CC/C=C\C/C=C\C/C=C\C/C=C\C/C=C\C/C=C\CCC(=O)OC(COC(=O)CCCCCCC/C=C\CCCCCC)COP(=O)(O)O. The number of ether oxygens (including phenoxy) is 2. The van der Waals surface area contributed by atoms with Crippen LogP contribution in [0.3, 0.4) is 0 Å². The first-order chi connectivity index (χ1) is 24.3. The monoisotopic (exact) mass is 718 g/mol. The van der Waals surface area contributed by atoms with E-state index in [-0.39, 0.29) is 19.4 Å². The molecule has 0 saturated heterocycles. The van der Waals surface area contributed by atoms with E-state index < -0.39 is 32.5 Å². The number of hydrogen-bond donors (Lipinski definition) is 2. The second kappa shape index (κ2) is 36.0. The number of hydrogen-bond acceptors (Lipinski definition) is 6. The van der Waals surface area contributed by atoms with Gasteiger partial charge in [0.15, 0.2) is 6.10 Å². The summed E-state index contributed by atoms with van der Waals surface area (Å²) in [7, 11) is -4.78. The second-order valence-electron chi connectivity index (χ2n) is 12.2. The van der Waals surface area contributed by atoms with E-state index in [1.165, 1.54) is 25.7 Å². The molecule has 2 N–H and O–H groups in total. The molecule has 0 aliphatic heterocycles. The highest BCUT2D eigenvalue weighted by Crippen LogP contribution is 2.35. The van der Waals surface area contributed by atoms with Gasteiger partial charge in [0.05, 0.1) is 6.61 Å². The average Bonchev–Trinajstić information content (AvgIpc) is 3.08. The van der Waals surface area contributed by atoms with Gasteiger partial charge in [0.2, 0.25) is 0 Å². The third kappa shape index (κ3) is 38.0. The number of carbonyl (C=O) groups is 2. The Morgan fingerprint density at radius 3 is 1.52 bits per heavy atom. The van der Waals surface area contributed by atoms with Crippen molar-refractivity contribution in [3.05, 3.63) is 85.1 Å². The van der Waals surface area contributed by atoms with Gasteiger partial charge in [-0.3, -0.25) is 14.1 Å². The summed E-state index contributed by atoms with van der Waals surface area (Å²) >= 11 is 0. The molecule has 0 saturated carbocycles. The number of phosphoric ester groups is 1. The lowest BCUT2D eigenvalue weighted by Gasteiger charge is -2.18. The van der Waals surface area contributed by atoms with E-state index in [1.54, 1.807) is 0 Å². The van der Waals surface area contributed by atoms with Crippen LogP contribution in [0.15, 0.2) is 85.1 Å². The van der Waals surface area contributed by atoms with Gasteiger partial charge < -0.3 is 19.3 Å². The molecule has 0 spiro atoms. The summed E-state index contributed by atoms with van der Waals surface area (Å²) in [4.78, 5) is 42.6. The highest BCUT2D eigenvalue weighted by atomic mass is 31.2. The minimum atomic E-state index is -4.78. The lowest BCUT2D eigenvalue weighted by molar-refractivity contribution is -0.161. The molecule has 0 aliphatic carbocycles. The van der Waals surface area contributed by atoms with E-state index >= 15 is 0 Å². The van der Waals surface area contributed by atoms with E-state index in [9.17, 15) is 14.2 Å². The largest absolute Gasteiger partial charge is 0.469 e. The number of rotatable bonds is 33. The smallest absolute Gasteiger partial charge is 0.462 e. The number of esters is 2. The summed E-state index contributed by atoms with van der Waals surface area (Å²) in [5.74, 6) is -1.00. The number of carbonyl (C=O) groups excluding carboxylic acids is 2. The molecule has 284 valence electrons. The Morgan fingerprint density at radius 1 is 0.540 bits per heavy atom. The van der Waals surface area contributed by atoms with Crippen LogP contribution in [-0.4, -0.2) is 41.0 Å². The molecular weight excluding hydrogens is 651 g/mol. The zero-order valence-corrected chi connectivity index (χ0v) is 31.9. The molecule has 0 aromatic rings. The van der Waals surface area contributed by atoms with E-state index in [1.807, 2.05) is 12.2 Å². The molecule has 0 rings (SSSR count). The van der Waals surface area contributed by atoms with E-state index in [0.717, 1.165) is 77.0 Å². The molecule has 50 heavy (non-hydrogen) atoms. The van der Waals surface area contributed by atoms with Crippen LogP contribution in [0.25, 0.3) is 0 Å². The van der Waals surface area contributed by atoms with Crippen molar-refractivity contribution in [2.24, 2.45) is 0 Å². The molecule has 0 aromatic carbocycles. The van der Waals surface area contributed by atoms with Crippen molar-refractivity contribution in [2.75, 3.05) is 13.2 Å². The fraction of sp³-hybridized carbons (Fsp3) is 0.610. The summed E-state index contributed by atoms with van der Waals surface area (Å²) in [6.45, 7) is 3.46. The van der Waals surface area contributed by atoms with Gasteiger partial charge >= 0.3 is 19.8 Å². The quantitative estimate of drug-likeness (QED) is 0.0298. The first kappa shape index (κ1) is 47.2. The van der Waals surface area contributed by atoms with Crippen LogP contribution in [0, 0.1) is 0 Å². The Balaban J connectivity index is 4.15. The molecule has 1 unspecified atom stereocenters. The molecule has 0 bridgehead atoms. The predicted molar refractivity (Wildman–Crippen MR) is 207 cm³/mol. The van der Waals surface area contributed by atoms with Gasteiger partial charge in [0.25, 0.3) is 0 Å². The standard InChI is InChI=1S/C41H67O8P/c1-3-5-7-9-11-13-15-17-18-19-20-21-22-24-26-28-30-32-34-36-41(43)49-39(38-48-50(44,45)46)37-47-40(42)35-33-31-29-27-25-23-16-14-12-10-8-6-4-2/h5,7,11,13-14,16-18,20-21,24,26,30,32,39H,3-4,6,8-10,12,15,19,22-23,25,27-29,31,33-38H2,1-2H3,(H2,44,45,46)/b7-5-,13-11-,16-14-,18-17-,21-20-,26-24-,32-30-. The van der Waals surface area contributed by atoms with Crippen molar-refractivity contribution in [3.63, 3.8) is 0 Å². The lowest BCUT2D eigenvalue weighted by Crippen LogP contribution is -2.29. The molecule has 8 nitrogen and oxygen atoms in total. The maximum atomic E-state index is 12.3. The summed E-state index contributed by atoms with van der Waals surface area (Å²) in [6.07, 6.45) is 47.4. The fourth-order valence-corrected chi connectivity index (χ4v) is 4.99. The third-order valence-corrected chi connectivity index (χ3v) is 7.90. The van der Waals surface area contributed by atoms with Crippen molar-refractivity contribution in [3.8, 4) is 0 Å². The van der Waals surface area contributed by atoms with Gasteiger partial charge in [-0.25, -0.2) is 4.57 Å². The van der Waals surface area contributed by atoms with E-state index in [2.05, 4.69) is 91.3 Å². The molecule has 0 aliphatic rings. The first-order valence-corrected chi connectivity index (χ1v) is 20.4. The van der Waals surface area contributed by atoms with Crippen molar-refractivity contribution in [2.45, 2.75) is 148 Å². The van der Waals surface area contributed by atoms with Gasteiger partial charge in [-0.15, -0.1) is 0 Å². The molecule has 0 amide bonds. The summed E-state index contributed by atoms with van der Waals surface area (Å²) in [5.41, 5.74) is 0. The highest BCUT2D eigenvalue weighted by molar-refractivity contribution is 7.46. The Morgan fingerprint density at radius 2 is 1.00 bits per heavy atom. The molecule has 0 fully saturated rings. The van der Waals surface area contributed by atoms with Crippen molar-refractivity contribution in [1.29, 1.82) is 0 Å².